The molecule has 7 nitrogen and oxygen atoms in total. The summed E-state index contributed by atoms with van der Waals surface area (Å²) in [5.74, 6) is -0.897. The summed E-state index contributed by atoms with van der Waals surface area (Å²) in [5.41, 5.74) is 3.59. The SMILES string of the molecule is CCCNC(=O)[C@H](Cc1ccccc1)N(Cc1cccc(C)c1)C(=O)CN(c1cccc(Cl)c1Cl)S(=O)(=O)c1ccc(C)cc1. The molecular weight excluding hydrogens is 629 g/mol. The van der Waals surface area contributed by atoms with Gasteiger partial charge >= 0.3 is 0 Å². The molecule has 4 aromatic rings. The topological polar surface area (TPSA) is 86.8 Å². The van der Waals surface area contributed by atoms with E-state index in [0.29, 0.717) is 13.0 Å². The van der Waals surface area contributed by atoms with Crippen LogP contribution in [-0.2, 0) is 32.6 Å². The Kier molecular flexibility index (Phi) is 11.7. The molecule has 0 aromatic heterocycles. The number of nitrogens with one attached hydrogen (secondary N) is 1. The maximum atomic E-state index is 14.5. The Labute approximate surface area is 275 Å². The zero-order valence-corrected chi connectivity index (χ0v) is 27.9. The van der Waals surface area contributed by atoms with Crippen molar-refractivity contribution in [2.24, 2.45) is 0 Å². The number of amides is 2. The lowest BCUT2D eigenvalue weighted by Crippen LogP contribution is -2.53. The lowest BCUT2D eigenvalue weighted by atomic mass is 10.0. The summed E-state index contributed by atoms with van der Waals surface area (Å²) in [4.78, 5) is 29.7. The number of hydrogen-bond donors (Lipinski definition) is 1. The average Bonchev–Trinajstić information content (AvgIpc) is 3.02. The summed E-state index contributed by atoms with van der Waals surface area (Å²) >= 11 is 12.9. The van der Waals surface area contributed by atoms with Gasteiger partial charge in [0, 0.05) is 19.5 Å². The normalized spacial score (nSPS) is 11.9. The molecule has 0 unspecified atom stereocenters. The third-order valence-corrected chi connectivity index (χ3v) is 9.93. The first-order valence-corrected chi connectivity index (χ1v) is 16.9. The van der Waals surface area contributed by atoms with Gasteiger partial charge in [0.15, 0.2) is 0 Å². The van der Waals surface area contributed by atoms with E-state index in [1.807, 2.05) is 75.4 Å². The van der Waals surface area contributed by atoms with Crippen LogP contribution in [0.2, 0.25) is 10.0 Å². The highest BCUT2D eigenvalue weighted by molar-refractivity contribution is 7.92. The first-order chi connectivity index (χ1) is 21.5. The minimum absolute atomic E-state index is 0.00517. The van der Waals surface area contributed by atoms with E-state index >= 15 is 0 Å². The fourth-order valence-corrected chi connectivity index (χ4v) is 6.84. The predicted octanol–water partition coefficient (Wildman–Crippen LogP) is 6.97. The van der Waals surface area contributed by atoms with E-state index in [9.17, 15) is 18.0 Å². The highest BCUT2D eigenvalue weighted by Crippen LogP contribution is 2.35. The van der Waals surface area contributed by atoms with Crippen molar-refractivity contribution in [2.75, 3.05) is 17.4 Å². The molecule has 0 aliphatic carbocycles. The fraction of sp³-hybridized carbons (Fsp3) is 0.257. The minimum Gasteiger partial charge on any atom is -0.354 e. The third kappa shape index (κ3) is 8.66. The smallest absolute Gasteiger partial charge is 0.264 e. The number of sulfonamides is 1. The Morgan fingerprint density at radius 2 is 1.49 bits per heavy atom. The van der Waals surface area contributed by atoms with E-state index in [1.54, 1.807) is 24.3 Å². The molecule has 0 aliphatic heterocycles. The van der Waals surface area contributed by atoms with Crippen LogP contribution in [0.5, 0.6) is 0 Å². The summed E-state index contributed by atoms with van der Waals surface area (Å²) in [6.07, 6.45) is 0.946. The van der Waals surface area contributed by atoms with Gasteiger partial charge in [-0.25, -0.2) is 8.42 Å². The van der Waals surface area contributed by atoms with Gasteiger partial charge in [-0.2, -0.15) is 0 Å². The van der Waals surface area contributed by atoms with Gasteiger partial charge in [0.1, 0.15) is 12.6 Å². The Morgan fingerprint density at radius 3 is 2.16 bits per heavy atom. The van der Waals surface area contributed by atoms with E-state index in [0.717, 1.165) is 26.6 Å². The molecule has 0 saturated heterocycles. The van der Waals surface area contributed by atoms with Crippen molar-refractivity contribution < 1.29 is 18.0 Å². The molecule has 236 valence electrons. The molecular formula is C35H37Cl2N3O4S. The zero-order valence-electron chi connectivity index (χ0n) is 25.5. The van der Waals surface area contributed by atoms with Crippen LogP contribution in [0.25, 0.3) is 0 Å². The van der Waals surface area contributed by atoms with Crippen molar-refractivity contribution in [2.45, 2.75) is 51.1 Å². The number of aryl methyl sites for hydroxylation is 2. The van der Waals surface area contributed by atoms with E-state index in [4.69, 9.17) is 23.2 Å². The maximum absolute atomic E-state index is 14.5. The number of benzene rings is 4. The molecule has 0 spiro atoms. The maximum Gasteiger partial charge on any atom is 0.264 e. The number of rotatable bonds is 13. The summed E-state index contributed by atoms with van der Waals surface area (Å²) in [5, 5.41) is 3.08. The van der Waals surface area contributed by atoms with Crippen LogP contribution in [0.15, 0.2) is 102 Å². The number of carbonyl (C=O) groups is 2. The number of nitrogens with zero attached hydrogens (tertiary/aromatic N) is 2. The van der Waals surface area contributed by atoms with Crippen molar-refractivity contribution in [3.05, 3.63) is 129 Å². The average molecular weight is 667 g/mol. The van der Waals surface area contributed by atoms with Crippen LogP contribution in [0.4, 0.5) is 5.69 Å². The van der Waals surface area contributed by atoms with Crippen molar-refractivity contribution >= 4 is 50.7 Å². The van der Waals surface area contributed by atoms with Crippen molar-refractivity contribution in [3.63, 3.8) is 0 Å². The molecule has 10 heteroatoms. The predicted molar refractivity (Wildman–Crippen MR) is 181 cm³/mol. The molecule has 4 aromatic carbocycles. The number of halogens is 2. The molecule has 0 bridgehead atoms. The Bertz CT molecular complexity index is 1730. The highest BCUT2D eigenvalue weighted by atomic mass is 35.5. The molecule has 0 radical (unpaired) electrons. The van der Waals surface area contributed by atoms with Gasteiger partial charge in [0.2, 0.25) is 11.8 Å². The summed E-state index contributed by atoms with van der Waals surface area (Å²) < 4.78 is 29.3. The second-order valence-electron chi connectivity index (χ2n) is 10.9. The Hall–Kier alpha value is -3.85. The summed E-state index contributed by atoms with van der Waals surface area (Å²) in [6, 6.07) is 27.1. The molecule has 0 aliphatic rings. The summed E-state index contributed by atoms with van der Waals surface area (Å²) in [7, 11) is -4.30. The van der Waals surface area contributed by atoms with E-state index in [-0.39, 0.29) is 39.5 Å². The molecule has 0 saturated carbocycles. The molecule has 2 amide bonds. The van der Waals surface area contributed by atoms with Crippen LogP contribution in [0, 0.1) is 13.8 Å². The van der Waals surface area contributed by atoms with Gasteiger partial charge in [-0.3, -0.25) is 13.9 Å². The van der Waals surface area contributed by atoms with Crippen molar-refractivity contribution in [1.82, 2.24) is 10.2 Å². The van der Waals surface area contributed by atoms with Gasteiger partial charge in [-0.15, -0.1) is 0 Å². The largest absolute Gasteiger partial charge is 0.354 e. The number of carbonyl (C=O) groups excluding carboxylic acids is 2. The monoisotopic (exact) mass is 665 g/mol. The summed E-state index contributed by atoms with van der Waals surface area (Å²) in [6.45, 7) is 5.65. The van der Waals surface area contributed by atoms with Crippen molar-refractivity contribution in [1.29, 1.82) is 0 Å². The van der Waals surface area contributed by atoms with Gasteiger partial charge in [-0.1, -0.05) is 114 Å². The minimum atomic E-state index is -4.30. The van der Waals surface area contributed by atoms with E-state index in [2.05, 4.69) is 5.32 Å². The first kappa shape index (κ1) is 34.0. The van der Waals surface area contributed by atoms with Crippen molar-refractivity contribution in [3.8, 4) is 0 Å². The van der Waals surface area contributed by atoms with Gasteiger partial charge in [-0.05, 0) is 55.7 Å². The molecule has 45 heavy (non-hydrogen) atoms. The Balaban J connectivity index is 1.83. The second-order valence-corrected chi connectivity index (χ2v) is 13.6. The molecule has 1 atom stereocenters. The Morgan fingerprint density at radius 1 is 0.822 bits per heavy atom. The van der Waals surface area contributed by atoms with Gasteiger partial charge in [0.25, 0.3) is 10.0 Å². The van der Waals surface area contributed by atoms with Crippen LogP contribution in [0.1, 0.15) is 35.6 Å². The van der Waals surface area contributed by atoms with Crippen LogP contribution < -0.4 is 9.62 Å². The fourth-order valence-electron chi connectivity index (χ4n) is 4.96. The second kappa shape index (κ2) is 15.4. The van der Waals surface area contributed by atoms with E-state index < -0.39 is 28.5 Å². The first-order valence-electron chi connectivity index (χ1n) is 14.7. The van der Waals surface area contributed by atoms with Crippen LogP contribution in [-0.4, -0.2) is 44.3 Å². The zero-order chi connectivity index (χ0) is 32.6. The highest BCUT2D eigenvalue weighted by Gasteiger charge is 2.35. The molecule has 1 N–H and O–H groups in total. The van der Waals surface area contributed by atoms with Gasteiger partial charge in [0.05, 0.1) is 20.6 Å². The lowest BCUT2D eigenvalue weighted by Gasteiger charge is -2.34. The molecule has 0 fully saturated rings. The quantitative estimate of drug-likeness (QED) is 0.167. The third-order valence-electron chi connectivity index (χ3n) is 7.34. The molecule has 0 heterocycles. The standard InChI is InChI=1S/C35H37Cl2N3O4S/c1-4-20-38-35(42)32(22-27-11-6-5-7-12-27)39(23-28-13-8-10-26(3)21-28)33(41)24-40(31-15-9-14-30(36)34(31)37)45(43,44)29-18-16-25(2)17-19-29/h5-19,21,32H,4,20,22-24H2,1-3H3,(H,38,42)/t32-/m0/s1. The molecule has 4 rings (SSSR count). The van der Waals surface area contributed by atoms with Crippen LogP contribution >= 0.6 is 23.2 Å². The lowest BCUT2D eigenvalue weighted by molar-refractivity contribution is -0.140. The number of anilines is 1. The van der Waals surface area contributed by atoms with Gasteiger partial charge < -0.3 is 10.2 Å². The van der Waals surface area contributed by atoms with Crippen LogP contribution in [0.3, 0.4) is 0 Å². The van der Waals surface area contributed by atoms with E-state index in [1.165, 1.54) is 23.1 Å². The number of hydrogen-bond acceptors (Lipinski definition) is 4.